The van der Waals surface area contributed by atoms with E-state index in [2.05, 4.69) is 40.7 Å². The Morgan fingerprint density at radius 2 is 1.92 bits per heavy atom. The molecule has 1 radical (unpaired) electrons. The zero-order valence-corrected chi connectivity index (χ0v) is 10.7. The van der Waals surface area contributed by atoms with E-state index >= 15 is 0 Å². The summed E-state index contributed by atoms with van der Waals surface area (Å²) in [4.78, 5) is 0. The summed E-state index contributed by atoms with van der Waals surface area (Å²) in [5.74, 6) is 1.03. The van der Waals surface area contributed by atoms with E-state index in [4.69, 9.17) is 4.43 Å². The zero-order chi connectivity index (χ0) is 10.1. The van der Waals surface area contributed by atoms with Crippen LogP contribution in [0.1, 0.15) is 41.0 Å². The third-order valence-corrected chi connectivity index (χ3v) is 3.44. The van der Waals surface area contributed by atoms with Crippen LogP contribution in [0.15, 0.2) is 16.9 Å². The van der Waals surface area contributed by atoms with Crippen molar-refractivity contribution in [2.24, 2.45) is 0 Å². The van der Waals surface area contributed by atoms with Crippen LogP contribution in [-0.2, 0) is 4.43 Å². The maximum absolute atomic E-state index is 5.84. The minimum atomic E-state index is -0.468. The molecule has 1 aliphatic carbocycles. The summed E-state index contributed by atoms with van der Waals surface area (Å²) in [6.45, 7) is 11.0. The van der Waals surface area contributed by atoms with Crippen molar-refractivity contribution in [1.82, 2.24) is 0 Å². The quantitative estimate of drug-likeness (QED) is 0.616. The lowest BCUT2D eigenvalue weighted by Crippen LogP contribution is -2.12. The van der Waals surface area contributed by atoms with Gasteiger partial charge in [-0.15, -0.1) is 0 Å². The highest BCUT2D eigenvalue weighted by Gasteiger charge is 2.17. The Labute approximate surface area is 83.8 Å². The largest absolute Gasteiger partial charge is 0.548 e. The molecule has 0 amide bonds. The lowest BCUT2D eigenvalue weighted by atomic mass is 10.2. The van der Waals surface area contributed by atoms with Gasteiger partial charge in [0.25, 0.3) is 0 Å². The van der Waals surface area contributed by atoms with Crippen LogP contribution in [0, 0.1) is 6.08 Å². The third kappa shape index (κ3) is 3.03. The van der Waals surface area contributed by atoms with Gasteiger partial charge in [-0.25, -0.2) is 0 Å². The maximum Gasteiger partial charge on any atom is 0.224 e. The first-order valence-electron chi connectivity index (χ1n) is 4.80. The zero-order valence-electron chi connectivity index (χ0n) is 9.32. The first-order valence-corrected chi connectivity index (χ1v) is 6.09. The Balaban J connectivity index is 2.49. The first-order chi connectivity index (χ1) is 5.90. The van der Waals surface area contributed by atoms with Crippen LogP contribution in [0.3, 0.4) is 0 Å². The molecule has 0 heterocycles. The molecule has 0 bridgehead atoms. The molecule has 1 nitrogen and oxygen atoms in total. The second kappa shape index (κ2) is 3.70. The maximum atomic E-state index is 5.84. The predicted molar refractivity (Wildman–Crippen MR) is 59.1 cm³/mol. The summed E-state index contributed by atoms with van der Waals surface area (Å²) in [5.41, 5.74) is 2.70. The molecular formula is C11H19OSi. The Morgan fingerprint density at radius 3 is 2.31 bits per heavy atom. The van der Waals surface area contributed by atoms with Crippen molar-refractivity contribution in [3.63, 3.8) is 0 Å². The molecule has 0 aromatic carbocycles. The standard InChI is InChI=1S/C11H19OSi/c1-8-6-7-10(9(8)2)12-13-11(3,4)5/h6,13H2,1-5H3. The average molecular weight is 195 g/mol. The fourth-order valence-corrected chi connectivity index (χ4v) is 2.02. The van der Waals surface area contributed by atoms with Crippen molar-refractivity contribution in [2.75, 3.05) is 0 Å². The Bertz CT molecular complexity index is 256. The van der Waals surface area contributed by atoms with Crippen LogP contribution in [-0.4, -0.2) is 9.76 Å². The molecule has 0 spiro atoms. The number of hydrogen-bond acceptors (Lipinski definition) is 1. The molecule has 73 valence electrons. The molecule has 0 aliphatic heterocycles. The molecule has 0 saturated carbocycles. The molecule has 1 aliphatic rings. The van der Waals surface area contributed by atoms with Crippen LogP contribution < -0.4 is 0 Å². The predicted octanol–water partition coefficient (Wildman–Crippen LogP) is 2.73. The highest BCUT2D eigenvalue weighted by atomic mass is 28.2. The van der Waals surface area contributed by atoms with Crippen molar-refractivity contribution in [3.05, 3.63) is 23.0 Å². The number of hydrogen-bond donors (Lipinski definition) is 0. The van der Waals surface area contributed by atoms with E-state index in [0.717, 1.165) is 12.2 Å². The van der Waals surface area contributed by atoms with E-state index in [1.165, 1.54) is 11.1 Å². The number of rotatable bonds is 2. The van der Waals surface area contributed by atoms with Gasteiger partial charge in [-0.1, -0.05) is 26.3 Å². The van der Waals surface area contributed by atoms with E-state index in [1.807, 2.05) is 0 Å². The van der Waals surface area contributed by atoms with Crippen LogP contribution in [0.25, 0.3) is 0 Å². The van der Waals surface area contributed by atoms with E-state index in [-0.39, 0.29) is 0 Å². The molecular weight excluding hydrogens is 176 g/mol. The minimum absolute atomic E-state index is 0.367. The highest BCUT2D eigenvalue weighted by molar-refractivity contribution is 6.32. The summed E-state index contributed by atoms with van der Waals surface area (Å²) in [5, 5.41) is 0.367. The van der Waals surface area contributed by atoms with Crippen molar-refractivity contribution in [1.29, 1.82) is 0 Å². The topological polar surface area (TPSA) is 9.23 Å². The molecule has 0 saturated heterocycles. The van der Waals surface area contributed by atoms with E-state index in [1.54, 1.807) is 0 Å². The molecule has 0 fully saturated rings. The fourth-order valence-electron chi connectivity index (χ4n) is 1.12. The second-order valence-corrected chi connectivity index (χ2v) is 7.64. The summed E-state index contributed by atoms with van der Waals surface area (Å²) in [7, 11) is -0.468. The average Bonchev–Trinajstić information content (AvgIpc) is 2.29. The van der Waals surface area contributed by atoms with Gasteiger partial charge in [-0.05, 0) is 30.9 Å². The van der Waals surface area contributed by atoms with E-state index < -0.39 is 9.76 Å². The lowest BCUT2D eigenvalue weighted by molar-refractivity contribution is 0.435. The monoisotopic (exact) mass is 195 g/mol. The SMILES string of the molecule is CC1=C(C)C(O[SiH2]C(C)(C)C)=[C]C1. The van der Waals surface area contributed by atoms with Crippen molar-refractivity contribution in [3.8, 4) is 0 Å². The molecule has 0 N–H and O–H groups in total. The Morgan fingerprint density at radius 1 is 1.31 bits per heavy atom. The van der Waals surface area contributed by atoms with Gasteiger partial charge in [0.2, 0.25) is 9.76 Å². The minimum Gasteiger partial charge on any atom is -0.548 e. The van der Waals surface area contributed by atoms with Gasteiger partial charge >= 0.3 is 0 Å². The van der Waals surface area contributed by atoms with Gasteiger partial charge in [0, 0.05) is 6.08 Å². The molecule has 0 atom stereocenters. The third-order valence-electron chi connectivity index (χ3n) is 2.14. The summed E-state index contributed by atoms with van der Waals surface area (Å²) in [6, 6.07) is 0. The van der Waals surface area contributed by atoms with Gasteiger partial charge < -0.3 is 4.43 Å². The normalized spacial score (nSPS) is 18.7. The van der Waals surface area contributed by atoms with E-state index in [0.29, 0.717) is 5.04 Å². The van der Waals surface area contributed by atoms with Crippen molar-refractivity contribution < 1.29 is 4.43 Å². The lowest BCUT2D eigenvalue weighted by Gasteiger charge is -2.19. The van der Waals surface area contributed by atoms with Crippen molar-refractivity contribution >= 4 is 9.76 Å². The Hall–Kier alpha value is -0.503. The summed E-state index contributed by atoms with van der Waals surface area (Å²) >= 11 is 0. The summed E-state index contributed by atoms with van der Waals surface area (Å²) in [6.07, 6.45) is 4.24. The van der Waals surface area contributed by atoms with Crippen LogP contribution >= 0.6 is 0 Å². The highest BCUT2D eigenvalue weighted by Crippen LogP contribution is 2.28. The van der Waals surface area contributed by atoms with Crippen LogP contribution in [0.2, 0.25) is 5.04 Å². The Kier molecular flexibility index (Phi) is 3.01. The van der Waals surface area contributed by atoms with Gasteiger partial charge in [0.15, 0.2) is 0 Å². The molecule has 0 unspecified atom stereocenters. The fraction of sp³-hybridized carbons (Fsp3) is 0.636. The first kappa shape index (κ1) is 10.6. The van der Waals surface area contributed by atoms with Gasteiger partial charge in [0.1, 0.15) is 5.76 Å². The molecule has 0 aromatic heterocycles. The van der Waals surface area contributed by atoms with Crippen molar-refractivity contribution in [2.45, 2.75) is 46.1 Å². The summed E-state index contributed by atoms with van der Waals surface area (Å²) < 4.78 is 5.84. The van der Waals surface area contributed by atoms with Gasteiger partial charge in [-0.2, -0.15) is 0 Å². The molecule has 1 rings (SSSR count). The van der Waals surface area contributed by atoms with Gasteiger partial charge in [0.05, 0.1) is 0 Å². The van der Waals surface area contributed by atoms with Crippen LogP contribution in [0.4, 0.5) is 0 Å². The van der Waals surface area contributed by atoms with Crippen LogP contribution in [0.5, 0.6) is 0 Å². The van der Waals surface area contributed by atoms with Gasteiger partial charge in [-0.3, -0.25) is 0 Å². The smallest absolute Gasteiger partial charge is 0.224 e. The molecule has 2 heteroatoms. The molecule has 0 aromatic rings. The number of allylic oxidation sites excluding steroid dienone is 3. The van der Waals surface area contributed by atoms with E-state index in [9.17, 15) is 0 Å². The second-order valence-electron chi connectivity index (χ2n) is 4.94. The molecule has 13 heavy (non-hydrogen) atoms.